The van der Waals surface area contributed by atoms with Gasteiger partial charge in [0.2, 0.25) is 5.96 Å². The van der Waals surface area contributed by atoms with Crippen LogP contribution in [-0.2, 0) is 0 Å². The first-order valence-electron chi connectivity index (χ1n) is 7.28. The molecule has 6 N–H and O–H groups in total. The van der Waals surface area contributed by atoms with Crippen LogP contribution < -0.4 is 32.4 Å². The Morgan fingerprint density at radius 3 is 2.80 bits per heavy atom. The molecule has 0 aromatic carbocycles. The van der Waals surface area contributed by atoms with Crippen molar-refractivity contribution < 1.29 is 0 Å². The Labute approximate surface area is 147 Å². The van der Waals surface area contributed by atoms with E-state index in [1.807, 2.05) is 30.3 Å². The lowest BCUT2D eigenvalue weighted by atomic mass is 10.4. The maximum atomic E-state index is 7.33. The molecule has 3 rings (SSSR count). The number of nitrogens with two attached hydrogens (primary N) is 2. The maximum Gasteiger partial charge on any atom is 0.231 e. The second kappa shape index (κ2) is 6.81. The predicted molar refractivity (Wildman–Crippen MR) is 98.4 cm³/mol. The van der Waals surface area contributed by atoms with E-state index in [0.717, 1.165) is 5.69 Å². The summed E-state index contributed by atoms with van der Waals surface area (Å²) in [6.45, 7) is 0. The van der Waals surface area contributed by atoms with Crippen molar-refractivity contribution in [1.29, 1.82) is 5.41 Å². The van der Waals surface area contributed by atoms with Gasteiger partial charge in [0.1, 0.15) is 5.82 Å². The minimum absolute atomic E-state index is 0.211. The molecular formula is C14H18N10S. The number of thioether (sulfide) groups is 1. The summed E-state index contributed by atoms with van der Waals surface area (Å²) in [7, 11) is 1.88. The molecule has 1 unspecified atom stereocenters. The summed E-state index contributed by atoms with van der Waals surface area (Å²) in [6.07, 6.45) is 6.94. The van der Waals surface area contributed by atoms with Gasteiger partial charge < -0.3 is 21.7 Å². The monoisotopic (exact) mass is 358 g/mol. The summed E-state index contributed by atoms with van der Waals surface area (Å²) in [5.41, 5.74) is 12.4. The van der Waals surface area contributed by atoms with Gasteiger partial charge in [0.25, 0.3) is 0 Å². The first-order valence-corrected chi connectivity index (χ1v) is 8.57. The topological polar surface area (TPSA) is 147 Å². The number of hydrogen-bond donors (Lipinski definition) is 4. The van der Waals surface area contributed by atoms with Gasteiger partial charge >= 0.3 is 0 Å². The number of hydrogen-bond acceptors (Lipinski definition) is 8. The van der Waals surface area contributed by atoms with Gasteiger partial charge in [-0.25, -0.2) is 9.98 Å². The van der Waals surface area contributed by atoms with E-state index in [1.165, 1.54) is 11.8 Å². The summed E-state index contributed by atoms with van der Waals surface area (Å²) < 4.78 is 1.60. The normalized spacial score (nSPS) is 17.0. The van der Waals surface area contributed by atoms with Crippen LogP contribution in [0.3, 0.4) is 0 Å². The quantitative estimate of drug-likeness (QED) is 0.382. The molecule has 0 bridgehead atoms. The van der Waals surface area contributed by atoms with Gasteiger partial charge in [0.05, 0.1) is 23.3 Å². The number of nitrogens with zero attached hydrogens (tertiary/aromatic N) is 6. The lowest BCUT2D eigenvalue weighted by molar-refractivity contribution is 0.760. The minimum atomic E-state index is -0.331. The van der Waals surface area contributed by atoms with E-state index >= 15 is 0 Å². The van der Waals surface area contributed by atoms with Crippen LogP contribution in [0.25, 0.3) is 5.82 Å². The highest BCUT2D eigenvalue weighted by Gasteiger charge is 2.22. The van der Waals surface area contributed by atoms with E-state index in [1.54, 1.807) is 23.3 Å². The van der Waals surface area contributed by atoms with Gasteiger partial charge in [-0.3, -0.25) is 10.4 Å². The Morgan fingerprint density at radius 1 is 1.36 bits per heavy atom. The van der Waals surface area contributed by atoms with Crippen molar-refractivity contribution in [3.05, 3.63) is 41.4 Å². The number of fused-ring (bicyclic) bond motifs is 1. The van der Waals surface area contributed by atoms with Gasteiger partial charge in [0, 0.05) is 13.2 Å². The maximum absolute atomic E-state index is 7.33. The molecule has 0 saturated carbocycles. The molecule has 0 fully saturated rings. The fourth-order valence-electron chi connectivity index (χ4n) is 2.30. The number of rotatable bonds is 3. The minimum Gasteiger partial charge on any atom is -0.385 e. The van der Waals surface area contributed by atoms with Gasteiger partial charge in [-0.05, 0) is 18.4 Å². The Balaban J connectivity index is 2.14. The van der Waals surface area contributed by atoms with E-state index < -0.39 is 0 Å². The number of guanidine groups is 1. The summed E-state index contributed by atoms with van der Waals surface area (Å²) in [4.78, 5) is 15.2. The molecule has 3 heterocycles. The van der Waals surface area contributed by atoms with Crippen molar-refractivity contribution >= 4 is 35.2 Å². The van der Waals surface area contributed by atoms with Crippen molar-refractivity contribution in [2.75, 3.05) is 18.2 Å². The molecule has 130 valence electrons. The van der Waals surface area contributed by atoms with Crippen molar-refractivity contribution in [3.63, 3.8) is 0 Å². The Hall–Kier alpha value is -3.08. The Kier molecular flexibility index (Phi) is 4.57. The van der Waals surface area contributed by atoms with Crippen LogP contribution in [0.15, 0.2) is 40.7 Å². The third-order valence-corrected chi connectivity index (χ3v) is 4.13. The zero-order chi connectivity index (χ0) is 18.0. The average Bonchev–Trinajstić information content (AvgIpc) is 3.04. The van der Waals surface area contributed by atoms with Crippen LogP contribution >= 0.6 is 11.8 Å². The smallest absolute Gasteiger partial charge is 0.231 e. The van der Waals surface area contributed by atoms with Crippen LogP contribution in [0, 0.1) is 5.41 Å². The molecule has 10 nitrogen and oxygen atoms in total. The van der Waals surface area contributed by atoms with Gasteiger partial charge in [-0.15, -0.1) is 11.8 Å². The van der Waals surface area contributed by atoms with Crippen LogP contribution in [0.2, 0.25) is 0 Å². The number of aliphatic imine (C=N–C) groups is 1. The van der Waals surface area contributed by atoms with Crippen molar-refractivity contribution in [2.24, 2.45) is 21.5 Å². The van der Waals surface area contributed by atoms with E-state index in [0.29, 0.717) is 16.7 Å². The third kappa shape index (κ3) is 3.26. The van der Waals surface area contributed by atoms with Gasteiger partial charge in [-0.2, -0.15) is 9.78 Å². The second-order valence-electron chi connectivity index (χ2n) is 5.14. The van der Waals surface area contributed by atoms with Crippen molar-refractivity contribution in [1.82, 2.24) is 20.1 Å². The first-order chi connectivity index (χ1) is 12.0. The SMILES string of the molecule is CSC1N=C(N(C)c2cccnc2)n2nc/c(=C(\N)NC(=N)N)c2=N1. The average molecular weight is 358 g/mol. The van der Waals surface area contributed by atoms with Crippen LogP contribution in [0.1, 0.15) is 0 Å². The van der Waals surface area contributed by atoms with E-state index in [9.17, 15) is 0 Å². The Morgan fingerprint density at radius 2 is 2.16 bits per heavy atom. The molecule has 0 radical (unpaired) electrons. The molecule has 2 aromatic heterocycles. The zero-order valence-corrected chi connectivity index (χ0v) is 14.5. The van der Waals surface area contributed by atoms with Gasteiger partial charge in [-0.1, -0.05) is 0 Å². The largest absolute Gasteiger partial charge is 0.385 e. The van der Waals surface area contributed by atoms with E-state index in [4.69, 9.17) is 16.9 Å². The highest BCUT2D eigenvalue weighted by molar-refractivity contribution is 7.99. The third-order valence-electron chi connectivity index (χ3n) is 3.50. The molecule has 25 heavy (non-hydrogen) atoms. The number of anilines is 1. The Bertz CT molecular complexity index is 932. The van der Waals surface area contributed by atoms with Crippen LogP contribution in [0.5, 0.6) is 0 Å². The highest BCUT2D eigenvalue weighted by atomic mass is 32.2. The van der Waals surface area contributed by atoms with Crippen LogP contribution in [-0.4, -0.2) is 45.5 Å². The summed E-state index contributed by atoms with van der Waals surface area (Å²) in [6, 6.07) is 3.78. The molecule has 11 heteroatoms. The standard InChI is InChI=1S/C14H18N10S/c1-23(8-4-3-5-18-6-8)14-22-13(25-2)21-11-9(7-19-24(11)14)10(15)20-12(16)17/h3-7,13H,15H2,1-2H3,(H4,16,17,20)/b10-9-. The van der Waals surface area contributed by atoms with E-state index in [-0.39, 0.29) is 17.3 Å². The van der Waals surface area contributed by atoms with Crippen molar-refractivity contribution in [2.45, 2.75) is 5.50 Å². The molecule has 0 amide bonds. The molecule has 0 saturated heterocycles. The summed E-state index contributed by atoms with van der Waals surface area (Å²) in [5.74, 6) is 0.554. The molecular weight excluding hydrogens is 340 g/mol. The second-order valence-corrected chi connectivity index (χ2v) is 6.03. The number of pyridine rings is 1. The summed E-state index contributed by atoms with van der Waals surface area (Å²) in [5, 5.41) is 14.8. The van der Waals surface area contributed by atoms with Crippen LogP contribution in [0.4, 0.5) is 5.69 Å². The lowest BCUT2D eigenvalue weighted by Gasteiger charge is -2.24. The summed E-state index contributed by atoms with van der Waals surface area (Å²) >= 11 is 1.49. The van der Waals surface area contributed by atoms with E-state index in [2.05, 4.69) is 25.4 Å². The molecule has 0 aliphatic carbocycles. The molecule has 2 aromatic rings. The zero-order valence-electron chi connectivity index (χ0n) is 13.7. The fraction of sp³-hybridized carbons (Fsp3) is 0.214. The van der Waals surface area contributed by atoms with Crippen molar-refractivity contribution in [3.8, 4) is 0 Å². The fourth-order valence-corrected chi connectivity index (χ4v) is 2.71. The molecule has 1 atom stereocenters. The highest BCUT2D eigenvalue weighted by Crippen LogP contribution is 2.16. The first kappa shape index (κ1) is 16.8. The lowest BCUT2D eigenvalue weighted by Crippen LogP contribution is -2.48. The van der Waals surface area contributed by atoms with Gasteiger partial charge in [0.15, 0.2) is 16.9 Å². The molecule has 1 aliphatic heterocycles. The predicted octanol–water partition coefficient (Wildman–Crippen LogP) is -1.59. The molecule has 0 spiro atoms. The number of aromatic nitrogens is 3. The molecule has 1 aliphatic rings. The number of nitrogens with one attached hydrogen (secondary N) is 2.